The van der Waals surface area contributed by atoms with Crippen LogP contribution in [0.2, 0.25) is 0 Å². The van der Waals surface area contributed by atoms with Gasteiger partial charge < -0.3 is 33.4 Å². The first-order valence-corrected chi connectivity index (χ1v) is 25.5. The van der Waals surface area contributed by atoms with Crippen LogP contribution in [0.15, 0.2) is 88.5 Å². The average Bonchev–Trinajstić information content (AvgIpc) is 2.11. The zero-order valence-corrected chi connectivity index (χ0v) is 50.7. The van der Waals surface area contributed by atoms with Gasteiger partial charge in [0.2, 0.25) is 17.5 Å². The van der Waals surface area contributed by atoms with E-state index in [-0.39, 0.29) is 93.9 Å². The van der Waals surface area contributed by atoms with E-state index < -0.39 is 102 Å². The molecular weight excluding hydrogens is 1360 g/mol. The summed E-state index contributed by atoms with van der Waals surface area (Å²) in [6, 6.07) is 11.2. The summed E-state index contributed by atoms with van der Waals surface area (Å²) in [5, 5.41) is 26.4. The first-order chi connectivity index (χ1) is 38.5. The summed E-state index contributed by atoms with van der Waals surface area (Å²) in [6.07, 6.45) is -9.99. The zero-order chi connectivity index (χ0) is 62.1. The summed E-state index contributed by atoms with van der Waals surface area (Å²) in [7, 11) is -0.844. The minimum absolute atomic E-state index is 0. The van der Waals surface area contributed by atoms with Crippen molar-refractivity contribution in [2.24, 2.45) is 0 Å². The fourth-order valence-electron chi connectivity index (χ4n) is 6.52. The van der Waals surface area contributed by atoms with Crippen molar-refractivity contribution in [3.63, 3.8) is 0 Å². The van der Waals surface area contributed by atoms with Crippen LogP contribution in [-0.4, -0.2) is 117 Å². The van der Waals surface area contributed by atoms with Crippen LogP contribution in [0.5, 0.6) is 11.8 Å². The van der Waals surface area contributed by atoms with Crippen LogP contribution < -0.4 is 49.6 Å². The molecule has 9 rings (SSSR count). The van der Waals surface area contributed by atoms with Crippen molar-refractivity contribution in [3.8, 4) is 22.9 Å². The summed E-state index contributed by atoms with van der Waals surface area (Å²) in [4.78, 5) is 7.08. The Balaban J connectivity index is 0.000000579. The zero-order valence-electron chi connectivity index (χ0n) is 44.8. The van der Waals surface area contributed by atoms with E-state index in [1.54, 1.807) is 31.2 Å². The summed E-state index contributed by atoms with van der Waals surface area (Å²) < 4.78 is 214. The number of halogens is 17. The molecule has 0 unspecified atom stereocenters. The van der Waals surface area contributed by atoms with Gasteiger partial charge in [0.05, 0.1) is 24.4 Å². The molecule has 37 heteroatoms. The Labute approximate surface area is 533 Å². The van der Waals surface area contributed by atoms with Gasteiger partial charge in [-0.2, -0.15) is 52.7 Å². The van der Waals surface area contributed by atoms with E-state index in [2.05, 4.69) is 91.4 Å². The van der Waals surface area contributed by atoms with Gasteiger partial charge in [-0.15, -0.1) is 37.2 Å². The maximum Gasteiger partial charge on any atom is 1.00 e. The molecular formula is C50H56BBr2ClF14N11NaO7. The molecule has 0 aliphatic carbocycles. The van der Waals surface area contributed by atoms with E-state index in [4.69, 9.17) is 26.0 Å². The summed E-state index contributed by atoms with van der Waals surface area (Å²) in [5.74, 6) is -5.56. The van der Waals surface area contributed by atoms with E-state index in [0.29, 0.717) is 20.2 Å². The third-order valence-corrected chi connectivity index (χ3v) is 11.9. The summed E-state index contributed by atoms with van der Waals surface area (Å²) >= 11 is 11.2. The number of rotatable bonds is 13. The van der Waals surface area contributed by atoms with E-state index >= 15 is 0 Å². The van der Waals surface area contributed by atoms with Gasteiger partial charge in [0.15, 0.2) is 41.8 Å². The van der Waals surface area contributed by atoms with Crippen molar-refractivity contribution in [3.05, 3.63) is 118 Å². The van der Waals surface area contributed by atoms with Crippen LogP contribution in [0.25, 0.3) is 28.1 Å². The second-order valence-corrected chi connectivity index (χ2v) is 19.8. The largest absolute Gasteiger partial charge is 1.00 e. The molecule has 1 fully saturated rings. The Morgan fingerprint density at radius 1 is 0.563 bits per heavy atom. The molecule has 0 spiro atoms. The Morgan fingerprint density at radius 3 is 1.31 bits per heavy atom. The van der Waals surface area contributed by atoms with Gasteiger partial charge >= 0.3 is 66.6 Å². The van der Waals surface area contributed by atoms with Crippen LogP contribution in [0, 0.1) is 11.6 Å². The monoisotopic (exact) mass is 1420 g/mol. The molecule has 0 N–H and O–H groups in total. The van der Waals surface area contributed by atoms with Crippen LogP contribution in [0.3, 0.4) is 0 Å². The summed E-state index contributed by atoms with van der Waals surface area (Å²) in [6.45, 7) is 8.11. The second-order valence-electron chi connectivity index (χ2n) is 17.5. The number of nitrogens with zero attached hydrogens (tertiary/aromatic N) is 11. The number of pyridine rings is 5. The minimum Gasteiger partial charge on any atom is -0.855 e. The molecule has 0 atom stereocenters. The van der Waals surface area contributed by atoms with Gasteiger partial charge in [0.1, 0.15) is 0 Å². The first kappa shape index (κ1) is 79.9. The molecule has 1 aliphatic heterocycles. The Kier molecular flexibility index (Phi) is 29.9. The molecule has 8 aromatic heterocycles. The van der Waals surface area contributed by atoms with Crippen molar-refractivity contribution >= 4 is 73.0 Å². The first-order valence-electron chi connectivity index (χ1n) is 23.6. The van der Waals surface area contributed by atoms with Crippen molar-refractivity contribution in [2.75, 3.05) is 33.0 Å². The fraction of sp³-hybridized carbons (Fsp3) is 0.440. The minimum atomic E-state index is -4.64. The topological polar surface area (TPSA) is 195 Å². The van der Waals surface area contributed by atoms with E-state index in [0.717, 1.165) is 27.1 Å². The molecule has 1 saturated heterocycles. The normalized spacial score (nSPS) is 13.6. The van der Waals surface area contributed by atoms with Crippen molar-refractivity contribution < 1.29 is 124 Å². The SMILES string of the molecule is C.C.C.CC1(C)OB(c2cnc(OCC(F)(F)F)c(F)c2)OC1(C)C.CCOC(F)(F)c1nnc2ccc(-c3cnc(OCC(F)(F)F)c(F)c3)cn12.CCOC(F)(F)c1nnc2ccc(Br)cn12.CC[O-].FC(F)(Cl)c1nnc2ccc(Br)cn12.[Na+]. The standard InChI is InChI=1S/C16H12F6N4O2.C13H16BF4NO3.C9H8BrF2N3O.C7H3BrClF2N3.C2H5O.3CH4.Na/c1-2-28-16(21,22)14-25-24-12-4-3-9(7-26(12)14)10-5-11(17)13(23-6-10)27-8-15(18,19)20;1-11(2)12(3,4)22-14(21-11)8-5-9(15)10(19-6-8)20-7-13(16,17)18;1-2-16-9(11,12)8-14-13-7-4-3-6(10)5-15(7)8;8-4-1-2-5-12-13-6(7(9,10)11)14(5)3-4;1-2-3;;;;/h3-7H,2,8H2,1H3;5-6H,7H2,1-4H3;3-5H,2H2,1H3;1-3H;2H2,1H3;3*1H4;/q;;;;-1;;;;+1. The Morgan fingerprint density at radius 2 is 0.931 bits per heavy atom. The molecule has 8 aromatic rings. The third kappa shape index (κ3) is 21.8. The maximum atomic E-state index is 14.0. The van der Waals surface area contributed by atoms with Crippen molar-refractivity contribution in [1.29, 1.82) is 0 Å². The van der Waals surface area contributed by atoms with Gasteiger partial charge in [-0.25, -0.2) is 18.7 Å². The van der Waals surface area contributed by atoms with Crippen molar-refractivity contribution in [1.82, 2.24) is 53.8 Å². The van der Waals surface area contributed by atoms with Gasteiger partial charge in [-0.3, -0.25) is 13.2 Å². The van der Waals surface area contributed by atoms with E-state index in [1.165, 1.54) is 55.2 Å². The number of hydrogen-bond donors (Lipinski definition) is 0. The molecule has 18 nitrogen and oxygen atoms in total. The van der Waals surface area contributed by atoms with Gasteiger partial charge in [-0.1, -0.05) is 29.2 Å². The average molecular weight is 1420 g/mol. The quantitative estimate of drug-likeness (QED) is 0.0601. The van der Waals surface area contributed by atoms with Crippen LogP contribution in [0.1, 0.15) is 88.2 Å². The third-order valence-electron chi connectivity index (χ3n) is 10.8. The number of hydrogen-bond acceptors (Lipinski definition) is 15. The predicted octanol–water partition coefficient (Wildman–Crippen LogP) is 10.1. The van der Waals surface area contributed by atoms with E-state index in [1.807, 2.05) is 27.7 Å². The van der Waals surface area contributed by atoms with Gasteiger partial charge in [0.25, 0.3) is 11.8 Å². The summed E-state index contributed by atoms with van der Waals surface area (Å²) in [5.41, 5.74) is 0.181. The molecule has 1 aliphatic rings. The van der Waals surface area contributed by atoms with Crippen molar-refractivity contribution in [2.45, 2.75) is 112 Å². The Bertz CT molecular complexity index is 3440. The van der Waals surface area contributed by atoms with Crippen LogP contribution >= 0.6 is 43.5 Å². The van der Waals surface area contributed by atoms with Gasteiger partial charge in [-0.05, 0) is 134 Å². The molecule has 87 heavy (non-hydrogen) atoms. The fourth-order valence-corrected chi connectivity index (χ4v) is 7.32. The van der Waals surface area contributed by atoms with E-state index in [9.17, 15) is 61.5 Å². The number of alkyl halides is 13. The Hall–Kier alpha value is -5.11. The number of aromatic nitrogens is 11. The predicted molar refractivity (Wildman–Crippen MR) is 292 cm³/mol. The molecule has 476 valence electrons. The van der Waals surface area contributed by atoms with Crippen LogP contribution in [-0.2, 0) is 36.4 Å². The smallest absolute Gasteiger partial charge is 0.855 e. The molecule has 9 heterocycles. The maximum absolute atomic E-state index is 14.0. The van der Waals surface area contributed by atoms with Gasteiger partial charge in [0, 0.05) is 56.5 Å². The number of ether oxygens (including phenoxy) is 4. The molecule has 0 bridgehead atoms. The molecule has 0 radical (unpaired) electrons. The van der Waals surface area contributed by atoms with Crippen LogP contribution in [0.4, 0.5) is 61.5 Å². The second kappa shape index (κ2) is 32.6. The molecule has 0 saturated carbocycles. The number of fused-ring (bicyclic) bond motifs is 3. The molecule has 0 amide bonds. The molecule has 0 aromatic carbocycles.